The molecule has 4 nitrogen and oxygen atoms in total. The van der Waals surface area contributed by atoms with E-state index in [0.717, 1.165) is 0 Å². The largest absolute Gasteiger partial charge is 0.391 e. The number of carbonyl (C=O) groups excluding carboxylic acids is 1. The standard InChI is InChI=1S/C11H14Cl2N2O2/c1-6(2)8(16)5-14-11(17)7-3-4-9(12)15-10(7)13/h3-4,6,8,16H,5H2,1-2H3,(H,14,17). The normalized spacial score (nSPS) is 12.6. The SMILES string of the molecule is CC(C)C(O)CNC(=O)c1ccc(Cl)nc1Cl. The number of aliphatic hydroxyl groups excluding tert-OH is 1. The molecule has 1 unspecified atom stereocenters. The summed E-state index contributed by atoms with van der Waals surface area (Å²) in [6, 6.07) is 2.98. The maximum Gasteiger partial charge on any atom is 0.254 e. The van der Waals surface area contributed by atoms with Gasteiger partial charge in [0.2, 0.25) is 0 Å². The van der Waals surface area contributed by atoms with Crippen LogP contribution in [0.15, 0.2) is 12.1 Å². The van der Waals surface area contributed by atoms with Crippen molar-refractivity contribution in [3.8, 4) is 0 Å². The quantitative estimate of drug-likeness (QED) is 0.829. The van der Waals surface area contributed by atoms with Gasteiger partial charge in [0, 0.05) is 6.54 Å². The molecule has 1 aromatic rings. The first-order valence-corrected chi connectivity index (χ1v) is 5.95. The van der Waals surface area contributed by atoms with Gasteiger partial charge < -0.3 is 10.4 Å². The summed E-state index contributed by atoms with van der Waals surface area (Å²) in [6.45, 7) is 3.91. The summed E-state index contributed by atoms with van der Waals surface area (Å²) < 4.78 is 0. The van der Waals surface area contributed by atoms with Gasteiger partial charge in [-0.2, -0.15) is 0 Å². The van der Waals surface area contributed by atoms with Gasteiger partial charge in [-0.15, -0.1) is 0 Å². The monoisotopic (exact) mass is 276 g/mol. The minimum atomic E-state index is -0.585. The molecule has 0 radical (unpaired) electrons. The van der Waals surface area contributed by atoms with Crippen molar-refractivity contribution < 1.29 is 9.90 Å². The highest BCUT2D eigenvalue weighted by Gasteiger charge is 2.14. The lowest BCUT2D eigenvalue weighted by molar-refractivity contribution is 0.0871. The van der Waals surface area contributed by atoms with Crippen LogP contribution in [-0.2, 0) is 0 Å². The first kappa shape index (κ1) is 14.2. The van der Waals surface area contributed by atoms with Crippen molar-refractivity contribution in [1.29, 1.82) is 0 Å². The molecular weight excluding hydrogens is 263 g/mol. The molecule has 17 heavy (non-hydrogen) atoms. The summed E-state index contributed by atoms with van der Waals surface area (Å²) in [7, 11) is 0. The number of aromatic nitrogens is 1. The van der Waals surface area contributed by atoms with Gasteiger partial charge in [0.05, 0.1) is 11.7 Å². The second-order valence-electron chi connectivity index (χ2n) is 3.99. The third-order valence-corrected chi connectivity index (χ3v) is 2.80. The molecule has 1 amide bonds. The van der Waals surface area contributed by atoms with Crippen molar-refractivity contribution in [1.82, 2.24) is 10.3 Å². The van der Waals surface area contributed by atoms with Gasteiger partial charge in [0.1, 0.15) is 10.3 Å². The van der Waals surface area contributed by atoms with Crippen LogP contribution in [0.5, 0.6) is 0 Å². The van der Waals surface area contributed by atoms with E-state index in [1.807, 2.05) is 13.8 Å². The molecule has 0 aliphatic heterocycles. The number of aliphatic hydroxyl groups is 1. The number of hydrogen-bond donors (Lipinski definition) is 2. The Morgan fingerprint density at radius 1 is 1.47 bits per heavy atom. The fraction of sp³-hybridized carbons (Fsp3) is 0.455. The highest BCUT2D eigenvalue weighted by atomic mass is 35.5. The van der Waals surface area contributed by atoms with E-state index >= 15 is 0 Å². The average Bonchev–Trinajstić information content (AvgIpc) is 2.25. The van der Waals surface area contributed by atoms with Crippen molar-refractivity contribution in [2.75, 3.05) is 6.54 Å². The Hall–Kier alpha value is -0.840. The Bertz CT molecular complexity index is 410. The number of carbonyl (C=O) groups is 1. The molecule has 0 aliphatic carbocycles. The summed E-state index contributed by atoms with van der Waals surface area (Å²) >= 11 is 11.4. The molecule has 0 saturated heterocycles. The Labute approximate surface area is 110 Å². The van der Waals surface area contributed by atoms with Crippen LogP contribution < -0.4 is 5.32 Å². The zero-order valence-corrected chi connectivity index (χ0v) is 11.1. The van der Waals surface area contributed by atoms with E-state index in [2.05, 4.69) is 10.3 Å². The second-order valence-corrected chi connectivity index (χ2v) is 4.74. The summed E-state index contributed by atoms with van der Waals surface area (Å²) in [6.07, 6.45) is -0.585. The zero-order valence-electron chi connectivity index (χ0n) is 9.58. The first-order valence-electron chi connectivity index (χ1n) is 5.20. The molecule has 6 heteroatoms. The van der Waals surface area contributed by atoms with Crippen LogP contribution in [0.25, 0.3) is 0 Å². The third kappa shape index (κ3) is 4.15. The molecule has 2 N–H and O–H groups in total. The lowest BCUT2D eigenvalue weighted by Crippen LogP contribution is -2.34. The van der Waals surface area contributed by atoms with Crippen LogP contribution in [0.4, 0.5) is 0 Å². The Kier molecular flexibility index (Phi) is 5.18. The van der Waals surface area contributed by atoms with Crippen molar-refractivity contribution >= 4 is 29.1 Å². The van der Waals surface area contributed by atoms with Crippen molar-refractivity contribution in [2.24, 2.45) is 5.92 Å². The molecule has 0 bridgehead atoms. The Morgan fingerprint density at radius 2 is 2.12 bits per heavy atom. The first-order chi connectivity index (χ1) is 7.91. The lowest BCUT2D eigenvalue weighted by Gasteiger charge is -2.15. The minimum absolute atomic E-state index is 0.0500. The fourth-order valence-electron chi connectivity index (χ4n) is 1.11. The Morgan fingerprint density at radius 3 is 2.65 bits per heavy atom. The number of hydrogen-bond acceptors (Lipinski definition) is 3. The number of pyridine rings is 1. The molecule has 94 valence electrons. The van der Waals surface area contributed by atoms with Gasteiger partial charge in [0.25, 0.3) is 5.91 Å². The van der Waals surface area contributed by atoms with Crippen molar-refractivity contribution in [3.63, 3.8) is 0 Å². The molecule has 0 saturated carbocycles. The number of nitrogens with one attached hydrogen (secondary N) is 1. The number of rotatable bonds is 4. The molecular formula is C11H14Cl2N2O2. The van der Waals surface area contributed by atoms with E-state index < -0.39 is 6.10 Å². The highest BCUT2D eigenvalue weighted by Crippen LogP contribution is 2.16. The molecule has 0 spiro atoms. The maximum absolute atomic E-state index is 11.7. The van der Waals surface area contributed by atoms with Gasteiger partial charge in [-0.1, -0.05) is 37.0 Å². The smallest absolute Gasteiger partial charge is 0.254 e. The molecule has 1 rings (SSSR count). The summed E-state index contributed by atoms with van der Waals surface area (Å²) in [5.41, 5.74) is 0.243. The van der Waals surface area contributed by atoms with Crippen molar-refractivity contribution in [3.05, 3.63) is 28.0 Å². The summed E-state index contributed by atoms with van der Waals surface area (Å²) in [5, 5.41) is 12.4. The van der Waals surface area contributed by atoms with Crippen LogP contribution in [0, 0.1) is 5.92 Å². The van der Waals surface area contributed by atoms with Gasteiger partial charge in [0.15, 0.2) is 0 Å². The summed E-state index contributed by atoms with van der Waals surface area (Å²) in [5.74, 6) is -0.298. The predicted molar refractivity (Wildman–Crippen MR) is 67.4 cm³/mol. The van der Waals surface area contributed by atoms with E-state index in [-0.39, 0.29) is 34.2 Å². The zero-order chi connectivity index (χ0) is 13.0. The predicted octanol–water partition coefficient (Wildman–Crippen LogP) is 2.14. The van der Waals surface area contributed by atoms with Gasteiger partial charge in [-0.05, 0) is 18.1 Å². The van der Waals surface area contributed by atoms with Crippen LogP contribution in [0.1, 0.15) is 24.2 Å². The van der Waals surface area contributed by atoms with Crippen molar-refractivity contribution in [2.45, 2.75) is 20.0 Å². The molecule has 1 aromatic heterocycles. The average molecular weight is 277 g/mol. The number of nitrogens with zero attached hydrogens (tertiary/aromatic N) is 1. The van der Waals surface area contributed by atoms with Crippen LogP contribution in [0.3, 0.4) is 0 Å². The number of halogens is 2. The van der Waals surface area contributed by atoms with Gasteiger partial charge in [-0.3, -0.25) is 4.79 Å². The molecule has 1 heterocycles. The molecule has 0 aliphatic rings. The molecule has 0 fully saturated rings. The van der Waals surface area contributed by atoms with Crippen LogP contribution >= 0.6 is 23.2 Å². The Balaban J connectivity index is 2.64. The summed E-state index contributed by atoms with van der Waals surface area (Å²) in [4.78, 5) is 15.5. The maximum atomic E-state index is 11.7. The van der Waals surface area contributed by atoms with E-state index in [0.29, 0.717) is 0 Å². The van der Waals surface area contributed by atoms with E-state index in [1.165, 1.54) is 12.1 Å². The minimum Gasteiger partial charge on any atom is -0.391 e. The molecule has 1 atom stereocenters. The number of amides is 1. The fourth-order valence-corrected chi connectivity index (χ4v) is 1.54. The van der Waals surface area contributed by atoms with Crippen LogP contribution in [0.2, 0.25) is 10.3 Å². The van der Waals surface area contributed by atoms with E-state index in [1.54, 1.807) is 0 Å². The molecule has 0 aromatic carbocycles. The third-order valence-electron chi connectivity index (χ3n) is 2.30. The van der Waals surface area contributed by atoms with E-state index in [4.69, 9.17) is 23.2 Å². The van der Waals surface area contributed by atoms with Gasteiger partial charge in [-0.25, -0.2) is 4.98 Å². The van der Waals surface area contributed by atoms with Crippen LogP contribution in [-0.4, -0.2) is 28.6 Å². The van der Waals surface area contributed by atoms with Gasteiger partial charge >= 0.3 is 0 Å². The second kappa shape index (κ2) is 6.19. The topological polar surface area (TPSA) is 62.2 Å². The van der Waals surface area contributed by atoms with E-state index in [9.17, 15) is 9.90 Å². The highest BCUT2D eigenvalue weighted by molar-refractivity contribution is 6.34. The lowest BCUT2D eigenvalue weighted by atomic mass is 10.1.